The lowest BCUT2D eigenvalue weighted by molar-refractivity contribution is -0.131. The van der Waals surface area contributed by atoms with Crippen molar-refractivity contribution in [2.75, 3.05) is 17.6 Å². The molecule has 0 saturated carbocycles. The highest BCUT2D eigenvalue weighted by atomic mass is 19.4. The van der Waals surface area contributed by atoms with Crippen LogP contribution in [0.25, 0.3) is 0 Å². The number of anilines is 2. The van der Waals surface area contributed by atoms with E-state index >= 15 is 0 Å². The first-order chi connectivity index (χ1) is 6.90. The standard InChI is InChI=1S/C10H13F3N2/c1-7-8(14)3-2-4-9(7)15-6-5-10(11,12)13/h2-4,15H,5-6,14H2,1H3. The van der Waals surface area contributed by atoms with Gasteiger partial charge in [-0.1, -0.05) is 6.07 Å². The normalized spacial score (nSPS) is 11.5. The maximum absolute atomic E-state index is 11.9. The summed E-state index contributed by atoms with van der Waals surface area (Å²) in [4.78, 5) is 0. The van der Waals surface area contributed by atoms with Crippen LogP contribution in [0.1, 0.15) is 12.0 Å². The summed E-state index contributed by atoms with van der Waals surface area (Å²) in [5.74, 6) is 0. The SMILES string of the molecule is Cc1c(N)cccc1NCCC(F)(F)F. The van der Waals surface area contributed by atoms with Crippen LogP contribution in [0, 0.1) is 6.92 Å². The molecule has 3 N–H and O–H groups in total. The summed E-state index contributed by atoms with van der Waals surface area (Å²) in [6.45, 7) is 1.64. The molecule has 0 amide bonds. The average Bonchev–Trinajstić information content (AvgIpc) is 2.10. The lowest BCUT2D eigenvalue weighted by Crippen LogP contribution is -2.15. The lowest BCUT2D eigenvalue weighted by atomic mass is 10.1. The molecule has 0 atom stereocenters. The highest BCUT2D eigenvalue weighted by Gasteiger charge is 2.26. The van der Waals surface area contributed by atoms with E-state index < -0.39 is 12.6 Å². The molecule has 1 aromatic rings. The van der Waals surface area contributed by atoms with Crippen LogP contribution in [-0.2, 0) is 0 Å². The van der Waals surface area contributed by atoms with Gasteiger partial charge in [0.15, 0.2) is 0 Å². The Balaban J connectivity index is 2.55. The minimum atomic E-state index is -4.12. The molecule has 0 aliphatic carbocycles. The maximum atomic E-state index is 11.9. The topological polar surface area (TPSA) is 38.0 Å². The smallest absolute Gasteiger partial charge is 0.390 e. The van der Waals surface area contributed by atoms with Crippen molar-refractivity contribution in [3.63, 3.8) is 0 Å². The van der Waals surface area contributed by atoms with Gasteiger partial charge in [0.2, 0.25) is 0 Å². The van der Waals surface area contributed by atoms with E-state index in [0.717, 1.165) is 5.56 Å². The molecule has 0 saturated heterocycles. The van der Waals surface area contributed by atoms with Crippen LogP contribution >= 0.6 is 0 Å². The molecule has 15 heavy (non-hydrogen) atoms. The molecule has 0 radical (unpaired) electrons. The molecule has 0 heterocycles. The first kappa shape index (κ1) is 11.7. The van der Waals surface area contributed by atoms with Crippen LogP contribution in [0.3, 0.4) is 0 Å². The average molecular weight is 218 g/mol. The largest absolute Gasteiger partial charge is 0.398 e. The van der Waals surface area contributed by atoms with Gasteiger partial charge in [0.25, 0.3) is 0 Å². The minimum absolute atomic E-state index is 0.131. The molecule has 2 nitrogen and oxygen atoms in total. The van der Waals surface area contributed by atoms with Crippen molar-refractivity contribution >= 4 is 11.4 Å². The molecule has 0 aliphatic rings. The summed E-state index contributed by atoms with van der Waals surface area (Å²) in [7, 11) is 0. The van der Waals surface area contributed by atoms with E-state index in [-0.39, 0.29) is 6.54 Å². The van der Waals surface area contributed by atoms with E-state index in [1.807, 2.05) is 0 Å². The van der Waals surface area contributed by atoms with Crippen molar-refractivity contribution in [3.05, 3.63) is 23.8 Å². The molecule has 5 heteroatoms. The van der Waals surface area contributed by atoms with Crippen molar-refractivity contribution in [2.24, 2.45) is 0 Å². The Kier molecular flexibility index (Phi) is 3.44. The van der Waals surface area contributed by atoms with Gasteiger partial charge >= 0.3 is 6.18 Å². The number of nitrogens with two attached hydrogens (primary N) is 1. The van der Waals surface area contributed by atoms with Crippen molar-refractivity contribution in [1.82, 2.24) is 0 Å². The Bertz CT molecular complexity index is 334. The number of hydrogen-bond acceptors (Lipinski definition) is 2. The fraction of sp³-hybridized carbons (Fsp3) is 0.400. The van der Waals surface area contributed by atoms with Crippen LogP contribution in [0.15, 0.2) is 18.2 Å². The summed E-state index contributed by atoms with van der Waals surface area (Å²) in [5, 5.41) is 2.71. The zero-order chi connectivity index (χ0) is 11.5. The van der Waals surface area contributed by atoms with Gasteiger partial charge in [-0.25, -0.2) is 0 Å². The Hall–Kier alpha value is -1.39. The highest BCUT2D eigenvalue weighted by Crippen LogP contribution is 2.22. The second-order valence-electron chi connectivity index (χ2n) is 3.31. The molecule has 1 rings (SSSR count). The number of alkyl halides is 3. The number of nitrogens with one attached hydrogen (secondary N) is 1. The molecule has 0 spiro atoms. The fourth-order valence-corrected chi connectivity index (χ4v) is 1.18. The molecule has 84 valence electrons. The van der Waals surface area contributed by atoms with Crippen LogP contribution in [-0.4, -0.2) is 12.7 Å². The molecule has 1 aromatic carbocycles. The predicted molar refractivity (Wildman–Crippen MR) is 54.8 cm³/mol. The quantitative estimate of drug-likeness (QED) is 0.765. The zero-order valence-electron chi connectivity index (χ0n) is 8.36. The second-order valence-corrected chi connectivity index (χ2v) is 3.31. The summed E-state index contributed by atoms with van der Waals surface area (Å²) in [6.07, 6.45) is -4.97. The summed E-state index contributed by atoms with van der Waals surface area (Å²) < 4.78 is 35.6. The van der Waals surface area contributed by atoms with Crippen LogP contribution in [0.4, 0.5) is 24.5 Å². The van der Waals surface area contributed by atoms with Crippen LogP contribution < -0.4 is 11.1 Å². The van der Waals surface area contributed by atoms with E-state index in [4.69, 9.17) is 5.73 Å². The van der Waals surface area contributed by atoms with Crippen LogP contribution in [0.2, 0.25) is 0 Å². The van der Waals surface area contributed by atoms with E-state index in [9.17, 15) is 13.2 Å². The number of rotatable bonds is 3. The number of halogens is 3. The van der Waals surface area contributed by atoms with Gasteiger partial charge in [0.1, 0.15) is 0 Å². The number of hydrogen-bond donors (Lipinski definition) is 2. The van der Waals surface area contributed by atoms with E-state index in [0.29, 0.717) is 11.4 Å². The minimum Gasteiger partial charge on any atom is -0.398 e. The van der Waals surface area contributed by atoms with Crippen LogP contribution in [0.5, 0.6) is 0 Å². The van der Waals surface area contributed by atoms with Gasteiger partial charge < -0.3 is 11.1 Å². The summed E-state index contributed by atoms with van der Waals surface area (Å²) in [5.41, 5.74) is 7.62. The Labute approximate surface area is 86.3 Å². The van der Waals surface area contributed by atoms with Gasteiger partial charge in [-0.15, -0.1) is 0 Å². The first-order valence-corrected chi connectivity index (χ1v) is 4.56. The highest BCUT2D eigenvalue weighted by molar-refractivity contribution is 5.62. The number of benzene rings is 1. The summed E-state index contributed by atoms with van der Waals surface area (Å²) >= 11 is 0. The third kappa shape index (κ3) is 3.69. The van der Waals surface area contributed by atoms with E-state index in [1.54, 1.807) is 25.1 Å². The molecule has 0 fully saturated rings. The Morgan fingerprint density at radius 1 is 1.33 bits per heavy atom. The molecule has 0 aromatic heterocycles. The molecule has 0 bridgehead atoms. The van der Waals surface area contributed by atoms with Gasteiger partial charge in [-0.2, -0.15) is 13.2 Å². The van der Waals surface area contributed by atoms with Crippen molar-refractivity contribution in [3.8, 4) is 0 Å². The zero-order valence-corrected chi connectivity index (χ0v) is 8.36. The maximum Gasteiger partial charge on any atom is 0.390 e. The van der Waals surface area contributed by atoms with Gasteiger partial charge in [0, 0.05) is 17.9 Å². The third-order valence-electron chi connectivity index (χ3n) is 2.10. The van der Waals surface area contributed by atoms with E-state index in [2.05, 4.69) is 5.32 Å². The summed E-state index contributed by atoms with van der Waals surface area (Å²) in [6, 6.07) is 5.13. The van der Waals surface area contributed by atoms with Gasteiger partial charge in [-0.3, -0.25) is 0 Å². The Morgan fingerprint density at radius 3 is 2.60 bits per heavy atom. The Morgan fingerprint density at radius 2 is 2.00 bits per heavy atom. The molecular weight excluding hydrogens is 205 g/mol. The number of nitrogen functional groups attached to an aromatic ring is 1. The van der Waals surface area contributed by atoms with Crippen molar-refractivity contribution in [2.45, 2.75) is 19.5 Å². The van der Waals surface area contributed by atoms with E-state index in [1.165, 1.54) is 0 Å². The third-order valence-corrected chi connectivity index (χ3v) is 2.10. The molecule has 0 unspecified atom stereocenters. The first-order valence-electron chi connectivity index (χ1n) is 4.56. The predicted octanol–water partition coefficient (Wildman–Crippen LogP) is 2.94. The van der Waals surface area contributed by atoms with Crippen molar-refractivity contribution in [1.29, 1.82) is 0 Å². The second kappa shape index (κ2) is 4.42. The monoisotopic (exact) mass is 218 g/mol. The lowest BCUT2D eigenvalue weighted by Gasteiger charge is -2.12. The molecule has 0 aliphatic heterocycles. The molecular formula is C10H13F3N2. The van der Waals surface area contributed by atoms with Crippen molar-refractivity contribution < 1.29 is 13.2 Å². The fourth-order valence-electron chi connectivity index (χ4n) is 1.18. The van der Waals surface area contributed by atoms with Gasteiger partial charge in [0.05, 0.1) is 6.42 Å². The van der Waals surface area contributed by atoms with Gasteiger partial charge in [-0.05, 0) is 24.6 Å².